The predicted molar refractivity (Wildman–Crippen MR) is 89.0 cm³/mol. The third kappa shape index (κ3) is 4.22. The van der Waals surface area contributed by atoms with Crippen LogP contribution in [0.1, 0.15) is 13.8 Å². The van der Waals surface area contributed by atoms with Crippen molar-refractivity contribution in [2.45, 2.75) is 24.1 Å². The van der Waals surface area contributed by atoms with E-state index in [9.17, 15) is 4.79 Å². The van der Waals surface area contributed by atoms with Crippen LogP contribution in [0.25, 0.3) is 0 Å². The van der Waals surface area contributed by atoms with E-state index in [1.54, 1.807) is 17.2 Å². The molecule has 2 aromatic rings. The molecule has 0 aliphatic carbocycles. The largest absolute Gasteiger partial charge is 0.312 e. The van der Waals surface area contributed by atoms with Gasteiger partial charge in [0, 0.05) is 18.4 Å². The fourth-order valence-corrected chi connectivity index (χ4v) is 2.92. The van der Waals surface area contributed by atoms with Crippen LogP contribution in [0, 0.1) is 0 Å². The molecule has 0 saturated carbocycles. The van der Waals surface area contributed by atoms with Gasteiger partial charge in [-0.25, -0.2) is 4.98 Å². The normalized spacial score (nSPS) is 12.0. The third-order valence-corrected chi connectivity index (χ3v) is 4.26. The highest BCUT2D eigenvalue weighted by Gasteiger charge is 2.21. The number of thioether (sulfide) groups is 1. The third-order valence-electron chi connectivity index (χ3n) is 3.00. The highest BCUT2D eigenvalue weighted by Crippen LogP contribution is 2.25. The summed E-state index contributed by atoms with van der Waals surface area (Å²) >= 11 is 7.25. The molecule has 21 heavy (non-hydrogen) atoms. The lowest BCUT2D eigenvalue weighted by molar-refractivity contribution is -0.117. The van der Waals surface area contributed by atoms with Crippen molar-refractivity contribution in [2.24, 2.45) is 0 Å². The van der Waals surface area contributed by atoms with Gasteiger partial charge in [0.25, 0.3) is 0 Å². The highest BCUT2D eigenvalue weighted by atomic mass is 35.5. The van der Waals surface area contributed by atoms with Crippen LogP contribution in [0.3, 0.4) is 0 Å². The summed E-state index contributed by atoms with van der Waals surface area (Å²) in [5, 5.41) is 1.18. The van der Waals surface area contributed by atoms with Gasteiger partial charge >= 0.3 is 0 Å². The van der Waals surface area contributed by atoms with Gasteiger partial charge in [-0.2, -0.15) is 0 Å². The molecule has 0 spiro atoms. The van der Waals surface area contributed by atoms with E-state index >= 15 is 0 Å². The summed E-state index contributed by atoms with van der Waals surface area (Å²) in [6.45, 7) is 4.51. The average molecular weight is 321 g/mol. The van der Waals surface area contributed by atoms with Crippen LogP contribution in [-0.2, 0) is 4.79 Å². The number of benzene rings is 1. The van der Waals surface area contributed by atoms with Crippen molar-refractivity contribution < 1.29 is 4.79 Å². The van der Waals surface area contributed by atoms with Gasteiger partial charge in [-0.3, -0.25) is 4.79 Å². The van der Waals surface area contributed by atoms with Gasteiger partial charge in [0.15, 0.2) is 0 Å². The van der Waals surface area contributed by atoms with E-state index in [4.69, 9.17) is 11.6 Å². The maximum atomic E-state index is 12.6. The smallest absolute Gasteiger partial charge is 0.240 e. The SMILES string of the molecule is CCN(C(=O)C(C)Sc1ccc(Cl)cn1)c1ccccc1. The molecule has 0 saturated heterocycles. The summed E-state index contributed by atoms with van der Waals surface area (Å²) in [5.74, 6) is 0.0745. The van der Waals surface area contributed by atoms with E-state index in [0.717, 1.165) is 10.7 Å². The molecule has 0 fully saturated rings. The van der Waals surface area contributed by atoms with Gasteiger partial charge in [0.1, 0.15) is 0 Å². The second kappa shape index (κ2) is 7.48. The Kier molecular flexibility index (Phi) is 5.65. The van der Waals surface area contributed by atoms with Crippen LogP contribution in [-0.4, -0.2) is 22.7 Å². The van der Waals surface area contributed by atoms with Crippen molar-refractivity contribution in [2.75, 3.05) is 11.4 Å². The summed E-state index contributed by atoms with van der Waals surface area (Å²) in [6.07, 6.45) is 1.59. The van der Waals surface area contributed by atoms with Crippen molar-refractivity contribution in [1.82, 2.24) is 4.98 Å². The molecule has 0 N–H and O–H groups in total. The van der Waals surface area contributed by atoms with Gasteiger partial charge < -0.3 is 4.90 Å². The Labute approximate surface area is 134 Å². The molecule has 5 heteroatoms. The molecule has 1 unspecified atom stereocenters. The summed E-state index contributed by atoms with van der Waals surface area (Å²) < 4.78 is 0. The minimum atomic E-state index is -0.209. The van der Waals surface area contributed by atoms with Crippen LogP contribution >= 0.6 is 23.4 Å². The Morgan fingerprint density at radius 1 is 1.29 bits per heavy atom. The maximum absolute atomic E-state index is 12.6. The quantitative estimate of drug-likeness (QED) is 0.771. The van der Waals surface area contributed by atoms with E-state index in [1.807, 2.05) is 50.2 Å². The molecule has 2 rings (SSSR count). The topological polar surface area (TPSA) is 33.2 Å². The number of halogens is 1. The van der Waals surface area contributed by atoms with Gasteiger partial charge in [0.05, 0.1) is 15.3 Å². The van der Waals surface area contributed by atoms with Gasteiger partial charge in [-0.15, -0.1) is 0 Å². The number of carbonyl (C=O) groups excluding carboxylic acids is 1. The van der Waals surface area contributed by atoms with Crippen molar-refractivity contribution in [3.8, 4) is 0 Å². The number of hydrogen-bond donors (Lipinski definition) is 0. The molecule has 3 nitrogen and oxygen atoms in total. The number of nitrogens with zero attached hydrogens (tertiary/aromatic N) is 2. The number of aromatic nitrogens is 1. The number of anilines is 1. The molecule has 0 aliphatic heterocycles. The van der Waals surface area contributed by atoms with Gasteiger partial charge in [0.2, 0.25) is 5.91 Å². The molecular weight excluding hydrogens is 304 g/mol. The standard InChI is InChI=1S/C16H17ClN2OS/c1-3-19(14-7-5-4-6-8-14)16(20)12(2)21-15-10-9-13(17)11-18-15/h4-12H,3H2,1-2H3. The number of amides is 1. The fraction of sp³-hybridized carbons (Fsp3) is 0.250. The molecule has 1 amide bonds. The second-order valence-electron chi connectivity index (χ2n) is 4.49. The second-order valence-corrected chi connectivity index (χ2v) is 6.29. The number of pyridine rings is 1. The predicted octanol–water partition coefficient (Wildman–Crippen LogP) is 4.27. The monoisotopic (exact) mass is 320 g/mol. The van der Waals surface area contributed by atoms with E-state index in [0.29, 0.717) is 11.6 Å². The maximum Gasteiger partial charge on any atom is 0.240 e. The molecular formula is C16H17ClN2OS. The van der Waals surface area contributed by atoms with Crippen LogP contribution in [0.4, 0.5) is 5.69 Å². The van der Waals surface area contributed by atoms with Crippen molar-refractivity contribution in [3.05, 3.63) is 53.7 Å². The summed E-state index contributed by atoms with van der Waals surface area (Å²) in [4.78, 5) is 18.6. The Morgan fingerprint density at radius 3 is 2.57 bits per heavy atom. The number of hydrogen-bond acceptors (Lipinski definition) is 3. The molecule has 110 valence electrons. The Bertz CT molecular complexity index is 589. The Balaban J connectivity index is 2.08. The molecule has 1 atom stereocenters. The minimum Gasteiger partial charge on any atom is -0.312 e. The lowest BCUT2D eigenvalue weighted by atomic mass is 10.2. The first kappa shape index (κ1) is 15.9. The summed E-state index contributed by atoms with van der Waals surface area (Å²) in [7, 11) is 0. The zero-order chi connectivity index (χ0) is 15.2. The molecule has 1 aromatic carbocycles. The van der Waals surface area contributed by atoms with Gasteiger partial charge in [-0.05, 0) is 38.1 Å². The minimum absolute atomic E-state index is 0.0745. The fourth-order valence-electron chi connectivity index (χ4n) is 1.96. The van der Waals surface area contributed by atoms with Crippen molar-refractivity contribution >= 4 is 35.0 Å². The van der Waals surface area contributed by atoms with Crippen LogP contribution < -0.4 is 4.90 Å². The molecule has 0 aliphatic rings. The lowest BCUT2D eigenvalue weighted by Gasteiger charge is -2.24. The number of para-hydroxylation sites is 1. The lowest BCUT2D eigenvalue weighted by Crippen LogP contribution is -2.36. The van der Waals surface area contributed by atoms with Crippen LogP contribution in [0.15, 0.2) is 53.7 Å². The van der Waals surface area contributed by atoms with E-state index < -0.39 is 0 Å². The highest BCUT2D eigenvalue weighted by molar-refractivity contribution is 8.00. The first-order valence-corrected chi connectivity index (χ1v) is 8.02. The Hall–Kier alpha value is -1.52. The number of rotatable bonds is 5. The van der Waals surface area contributed by atoms with Crippen LogP contribution in [0.5, 0.6) is 0 Å². The first-order valence-electron chi connectivity index (χ1n) is 6.76. The zero-order valence-electron chi connectivity index (χ0n) is 12.0. The van der Waals surface area contributed by atoms with Crippen molar-refractivity contribution in [1.29, 1.82) is 0 Å². The van der Waals surface area contributed by atoms with Crippen LogP contribution in [0.2, 0.25) is 5.02 Å². The first-order chi connectivity index (χ1) is 10.1. The summed E-state index contributed by atoms with van der Waals surface area (Å²) in [5.41, 5.74) is 0.918. The van der Waals surface area contributed by atoms with E-state index in [1.165, 1.54) is 11.8 Å². The molecule has 1 heterocycles. The molecule has 1 aromatic heterocycles. The van der Waals surface area contributed by atoms with Crippen molar-refractivity contribution in [3.63, 3.8) is 0 Å². The molecule has 0 bridgehead atoms. The average Bonchev–Trinajstić information content (AvgIpc) is 2.51. The van der Waals surface area contributed by atoms with Gasteiger partial charge in [-0.1, -0.05) is 41.6 Å². The molecule has 0 radical (unpaired) electrons. The zero-order valence-corrected chi connectivity index (χ0v) is 13.6. The number of carbonyl (C=O) groups is 1. The van der Waals surface area contributed by atoms with E-state index in [2.05, 4.69) is 4.98 Å². The van der Waals surface area contributed by atoms with E-state index in [-0.39, 0.29) is 11.2 Å². The Morgan fingerprint density at radius 2 is 2.00 bits per heavy atom. The summed E-state index contributed by atoms with van der Waals surface area (Å²) in [6, 6.07) is 13.3.